The Labute approximate surface area is 130 Å². The highest BCUT2D eigenvalue weighted by molar-refractivity contribution is 5.66. The Hall–Kier alpha value is -2.55. The van der Waals surface area contributed by atoms with Gasteiger partial charge in [0.15, 0.2) is 0 Å². The first-order valence-electron chi connectivity index (χ1n) is 7.67. The first-order valence-corrected chi connectivity index (χ1v) is 7.67. The van der Waals surface area contributed by atoms with Crippen molar-refractivity contribution in [1.29, 1.82) is 0 Å². The molecule has 3 nitrogen and oxygen atoms in total. The van der Waals surface area contributed by atoms with Crippen molar-refractivity contribution in [3.63, 3.8) is 0 Å². The van der Waals surface area contributed by atoms with Crippen LogP contribution < -0.4 is 5.56 Å². The summed E-state index contributed by atoms with van der Waals surface area (Å²) in [4.78, 5) is 12.5. The van der Waals surface area contributed by atoms with E-state index in [0.717, 1.165) is 40.9 Å². The molecule has 2 aromatic carbocycles. The number of hydrogen-bond acceptors (Lipinski definition) is 1. The molecule has 0 aliphatic rings. The van der Waals surface area contributed by atoms with Gasteiger partial charge in [0, 0.05) is 0 Å². The third-order valence-corrected chi connectivity index (χ3v) is 3.90. The fourth-order valence-corrected chi connectivity index (χ4v) is 2.86. The first-order chi connectivity index (χ1) is 10.7. The van der Waals surface area contributed by atoms with Crippen LogP contribution in [0, 0.1) is 6.92 Å². The highest BCUT2D eigenvalue weighted by atomic mass is 16.1. The summed E-state index contributed by atoms with van der Waals surface area (Å²) in [6.45, 7) is 4.19. The van der Waals surface area contributed by atoms with Gasteiger partial charge in [-0.05, 0) is 30.5 Å². The molecule has 0 aliphatic heterocycles. The minimum Gasteiger partial charge on any atom is -0.267 e. The summed E-state index contributed by atoms with van der Waals surface area (Å²) in [5, 5.41) is 3.01. The Morgan fingerprint density at radius 1 is 1.00 bits per heavy atom. The van der Waals surface area contributed by atoms with Gasteiger partial charge in [0.05, 0.1) is 16.9 Å². The number of para-hydroxylation sites is 1. The maximum absolute atomic E-state index is 12.5. The second-order valence-corrected chi connectivity index (χ2v) is 5.50. The molecular weight excluding hydrogens is 272 g/mol. The molecule has 0 radical (unpaired) electrons. The standard InChI is InChI=1S/C19H20N2O/c1-3-9-17-18(15-11-5-4-6-12-15)19(22)20-21(17)16-13-8-7-10-14(16)2/h4-8,10-13H,3,9H2,1-2H3,(H,20,22). The Kier molecular flexibility index (Phi) is 3.96. The van der Waals surface area contributed by atoms with Gasteiger partial charge < -0.3 is 0 Å². The van der Waals surface area contributed by atoms with E-state index >= 15 is 0 Å². The van der Waals surface area contributed by atoms with Gasteiger partial charge in [0.25, 0.3) is 5.56 Å². The van der Waals surface area contributed by atoms with Crippen LogP contribution in [0.4, 0.5) is 0 Å². The monoisotopic (exact) mass is 292 g/mol. The number of nitrogens with one attached hydrogen (secondary N) is 1. The number of aryl methyl sites for hydroxylation is 1. The molecule has 0 amide bonds. The number of benzene rings is 2. The first kappa shape index (κ1) is 14.4. The van der Waals surface area contributed by atoms with Crippen LogP contribution >= 0.6 is 0 Å². The number of aromatic amines is 1. The molecule has 0 saturated carbocycles. The molecule has 0 atom stereocenters. The van der Waals surface area contributed by atoms with E-state index in [9.17, 15) is 4.79 Å². The normalized spacial score (nSPS) is 10.8. The SMILES string of the molecule is CCCc1c(-c2ccccc2)c(=O)[nH]n1-c1ccccc1C. The molecule has 1 N–H and O–H groups in total. The van der Waals surface area contributed by atoms with Crippen molar-refractivity contribution in [1.82, 2.24) is 9.78 Å². The lowest BCUT2D eigenvalue weighted by atomic mass is 10.0. The predicted octanol–water partition coefficient (Wildman–Crippen LogP) is 4.09. The largest absolute Gasteiger partial charge is 0.272 e. The number of hydrogen-bond donors (Lipinski definition) is 1. The van der Waals surface area contributed by atoms with Crippen molar-refractivity contribution in [3.05, 3.63) is 76.2 Å². The molecule has 0 unspecified atom stereocenters. The summed E-state index contributed by atoms with van der Waals surface area (Å²) >= 11 is 0. The fourth-order valence-electron chi connectivity index (χ4n) is 2.86. The van der Waals surface area contributed by atoms with Gasteiger partial charge in [0.2, 0.25) is 0 Å². The molecule has 3 rings (SSSR count). The highest BCUT2D eigenvalue weighted by Crippen LogP contribution is 2.24. The van der Waals surface area contributed by atoms with Crippen LogP contribution in [0.15, 0.2) is 59.4 Å². The van der Waals surface area contributed by atoms with E-state index in [0.29, 0.717) is 0 Å². The fraction of sp³-hybridized carbons (Fsp3) is 0.211. The molecule has 22 heavy (non-hydrogen) atoms. The molecule has 3 heteroatoms. The maximum atomic E-state index is 12.5. The average Bonchev–Trinajstić information content (AvgIpc) is 2.85. The van der Waals surface area contributed by atoms with Gasteiger partial charge in [0.1, 0.15) is 0 Å². The lowest BCUT2D eigenvalue weighted by molar-refractivity contribution is 0.767. The molecule has 0 saturated heterocycles. The van der Waals surface area contributed by atoms with Crippen molar-refractivity contribution in [3.8, 4) is 16.8 Å². The van der Waals surface area contributed by atoms with Crippen molar-refractivity contribution >= 4 is 0 Å². The van der Waals surface area contributed by atoms with Gasteiger partial charge in [-0.2, -0.15) is 0 Å². The van der Waals surface area contributed by atoms with E-state index < -0.39 is 0 Å². The topological polar surface area (TPSA) is 37.8 Å². The minimum absolute atomic E-state index is 0.0297. The quantitative estimate of drug-likeness (QED) is 0.772. The van der Waals surface area contributed by atoms with Gasteiger partial charge >= 0.3 is 0 Å². The molecule has 0 fully saturated rings. The lowest BCUT2D eigenvalue weighted by Crippen LogP contribution is -2.06. The van der Waals surface area contributed by atoms with Gasteiger partial charge in [-0.3, -0.25) is 14.6 Å². The number of rotatable bonds is 4. The van der Waals surface area contributed by atoms with E-state index in [1.165, 1.54) is 0 Å². The van der Waals surface area contributed by atoms with E-state index in [1.807, 2.05) is 53.2 Å². The second-order valence-electron chi connectivity index (χ2n) is 5.50. The van der Waals surface area contributed by atoms with Crippen LogP contribution in [0.1, 0.15) is 24.6 Å². The van der Waals surface area contributed by atoms with E-state index in [1.54, 1.807) is 0 Å². The average molecular weight is 292 g/mol. The Morgan fingerprint density at radius 3 is 2.36 bits per heavy atom. The summed E-state index contributed by atoms with van der Waals surface area (Å²) in [6, 6.07) is 18.0. The molecular formula is C19H20N2O. The number of H-pyrrole nitrogens is 1. The van der Waals surface area contributed by atoms with E-state index in [2.05, 4.69) is 25.0 Å². The van der Waals surface area contributed by atoms with Crippen LogP contribution in [-0.2, 0) is 6.42 Å². The second kappa shape index (κ2) is 6.06. The van der Waals surface area contributed by atoms with Crippen LogP contribution in [0.2, 0.25) is 0 Å². The predicted molar refractivity (Wildman–Crippen MR) is 90.6 cm³/mol. The lowest BCUT2D eigenvalue weighted by Gasteiger charge is -2.12. The van der Waals surface area contributed by atoms with Crippen molar-refractivity contribution in [2.24, 2.45) is 0 Å². The summed E-state index contributed by atoms with van der Waals surface area (Å²) < 4.78 is 1.95. The van der Waals surface area contributed by atoms with Crippen molar-refractivity contribution < 1.29 is 0 Å². The third kappa shape index (κ3) is 2.50. The van der Waals surface area contributed by atoms with Gasteiger partial charge in [-0.25, -0.2) is 0 Å². The Balaban J connectivity index is 2.26. The summed E-state index contributed by atoms with van der Waals surface area (Å²) in [6.07, 6.45) is 1.85. The molecule has 3 aromatic rings. The molecule has 112 valence electrons. The molecule has 0 aliphatic carbocycles. The van der Waals surface area contributed by atoms with E-state index in [-0.39, 0.29) is 5.56 Å². The molecule has 0 spiro atoms. The number of nitrogens with zero attached hydrogens (tertiary/aromatic N) is 1. The van der Waals surface area contributed by atoms with Crippen molar-refractivity contribution in [2.45, 2.75) is 26.7 Å². The zero-order chi connectivity index (χ0) is 15.5. The van der Waals surface area contributed by atoms with Crippen LogP contribution in [0.3, 0.4) is 0 Å². The molecule has 1 heterocycles. The van der Waals surface area contributed by atoms with Gasteiger partial charge in [-0.15, -0.1) is 0 Å². The van der Waals surface area contributed by atoms with Crippen molar-refractivity contribution in [2.75, 3.05) is 0 Å². The van der Waals surface area contributed by atoms with Crippen LogP contribution in [0.5, 0.6) is 0 Å². The summed E-state index contributed by atoms with van der Waals surface area (Å²) in [7, 11) is 0. The smallest absolute Gasteiger partial charge is 0.267 e. The Morgan fingerprint density at radius 2 is 1.68 bits per heavy atom. The summed E-state index contributed by atoms with van der Waals surface area (Å²) in [5.74, 6) is 0. The molecule has 0 bridgehead atoms. The van der Waals surface area contributed by atoms with Crippen LogP contribution in [0.25, 0.3) is 16.8 Å². The summed E-state index contributed by atoms with van der Waals surface area (Å²) in [5.41, 5.74) is 4.95. The van der Waals surface area contributed by atoms with Gasteiger partial charge in [-0.1, -0.05) is 61.9 Å². The highest BCUT2D eigenvalue weighted by Gasteiger charge is 2.17. The molecule has 1 aromatic heterocycles. The zero-order valence-electron chi connectivity index (χ0n) is 13.0. The number of aromatic nitrogens is 2. The minimum atomic E-state index is -0.0297. The maximum Gasteiger partial charge on any atom is 0.272 e. The Bertz CT molecular complexity index is 828. The zero-order valence-corrected chi connectivity index (χ0v) is 13.0. The van der Waals surface area contributed by atoms with Crippen LogP contribution in [-0.4, -0.2) is 9.78 Å². The van der Waals surface area contributed by atoms with E-state index in [4.69, 9.17) is 0 Å². The third-order valence-electron chi connectivity index (χ3n) is 3.90.